The standard InChI is InChI=1S/C14H16O/c1-3-4-10-14(2)11-9-12-7-5-6-8-13(12)15-14/h3-8,10H,1,9,11H2,2H3/b10-4-. The molecule has 1 aromatic rings. The lowest BCUT2D eigenvalue weighted by atomic mass is 9.92. The van der Waals surface area contributed by atoms with Crippen LogP contribution in [0.4, 0.5) is 0 Å². The molecule has 1 heterocycles. The molecule has 0 amide bonds. The van der Waals surface area contributed by atoms with Gasteiger partial charge in [0.2, 0.25) is 0 Å². The Labute approximate surface area is 91.1 Å². The predicted octanol–water partition coefficient (Wildman–Crippen LogP) is 3.51. The molecule has 1 heteroatoms. The van der Waals surface area contributed by atoms with E-state index in [1.54, 1.807) is 6.08 Å². The van der Waals surface area contributed by atoms with Gasteiger partial charge in [0.25, 0.3) is 0 Å². The van der Waals surface area contributed by atoms with E-state index < -0.39 is 0 Å². The first kappa shape index (κ1) is 10.0. The van der Waals surface area contributed by atoms with Crippen LogP contribution in [0.15, 0.2) is 49.1 Å². The zero-order valence-electron chi connectivity index (χ0n) is 9.07. The summed E-state index contributed by atoms with van der Waals surface area (Å²) >= 11 is 0. The maximum absolute atomic E-state index is 5.99. The molecule has 0 N–H and O–H groups in total. The van der Waals surface area contributed by atoms with Gasteiger partial charge >= 0.3 is 0 Å². The van der Waals surface area contributed by atoms with E-state index in [0.717, 1.165) is 18.6 Å². The molecule has 1 atom stereocenters. The first-order valence-electron chi connectivity index (χ1n) is 5.31. The first-order chi connectivity index (χ1) is 7.23. The van der Waals surface area contributed by atoms with Crippen LogP contribution in [0.5, 0.6) is 5.75 Å². The fraction of sp³-hybridized carbons (Fsp3) is 0.286. The molecule has 0 fully saturated rings. The third-order valence-electron chi connectivity index (χ3n) is 2.79. The minimum Gasteiger partial charge on any atom is -0.483 e. The molecule has 0 saturated carbocycles. The second-order valence-corrected chi connectivity index (χ2v) is 4.12. The van der Waals surface area contributed by atoms with E-state index >= 15 is 0 Å². The quantitative estimate of drug-likeness (QED) is 0.664. The van der Waals surface area contributed by atoms with Crippen LogP contribution in [0.2, 0.25) is 0 Å². The molecular formula is C14H16O. The molecule has 78 valence electrons. The number of benzene rings is 1. The Bertz CT molecular complexity index is 392. The zero-order valence-corrected chi connectivity index (χ0v) is 9.07. The molecule has 0 saturated heterocycles. The Balaban J connectivity index is 2.24. The highest BCUT2D eigenvalue weighted by atomic mass is 16.5. The summed E-state index contributed by atoms with van der Waals surface area (Å²) in [6, 6.07) is 8.24. The van der Waals surface area contributed by atoms with Gasteiger partial charge < -0.3 is 4.74 Å². The number of allylic oxidation sites excluding steroid dienone is 2. The van der Waals surface area contributed by atoms with Gasteiger partial charge in [-0.3, -0.25) is 0 Å². The lowest BCUT2D eigenvalue weighted by molar-refractivity contribution is 0.114. The van der Waals surface area contributed by atoms with Crippen molar-refractivity contribution in [3.63, 3.8) is 0 Å². The highest BCUT2D eigenvalue weighted by Gasteiger charge is 2.28. The average molecular weight is 200 g/mol. The molecular weight excluding hydrogens is 184 g/mol. The molecule has 1 aliphatic heterocycles. The Hall–Kier alpha value is -1.50. The van der Waals surface area contributed by atoms with Crippen LogP contribution < -0.4 is 4.74 Å². The second kappa shape index (κ2) is 3.93. The summed E-state index contributed by atoms with van der Waals surface area (Å²) < 4.78 is 5.99. The molecule has 0 radical (unpaired) electrons. The zero-order chi connectivity index (χ0) is 10.7. The largest absolute Gasteiger partial charge is 0.483 e. The molecule has 0 aliphatic carbocycles. The molecule has 15 heavy (non-hydrogen) atoms. The van der Waals surface area contributed by atoms with Gasteiger partial charge in [0.1, 0.15) is 11.4 Å². The van der Waals surface area contributed by atoms with Crippen LogP contribution in [-0.2, 0) is 6.42 Å². The second-order valence-electron chi connectivity index (χ2n) is 4.12. The summed E-state index contributed by atoms with van der Waals surface area (Å²) in [5, 5.41) is 0. The molecule has 0 bridgehead atoms. The van der Waals surface area contributed by atoms with Gasteiger partial charge in [0.15, 0.2) is 0 Å². The van der Waals surface area contributed by atoms with E-state index in [4.69, 9.17) is 4.74 Å². The van der Waals surface area contributed by atoms with E-state index in [0.29, 0.717) is 0 Å². The molecule has 0 spiro atoms. The van der Waals surface area contributed by atoms with Crippen molar-refractivity contribution in [2.75, 3.05) is 0 Å². The van der Waals surface area contributed by atoms with Crippen molar-refractivity contribution in [1.82, 2.24) is 0 Å². The van der Waals surface area contributed by atoms with E-state index in [1.165, 1.54) is 5.56 Å². The summed E-state index contributed by atoms with van der Waals surface area (Å²) in [5.74, 6) is 1.01. The van der Waals surface area contributed by atoms with Crippen molar-refractivity contribution < 1.29 is 4.74 Å². The van der Waals surface area contributed by atoms with Crippen LogP contribution in [-0.4, -0.2) is 5.60 Å². The van der Waals surface area contributed by atoms with Crippen molar-refractivity contribution in [3.05, 3.63) is 54.6 Å². The average Bonchev–Trinajstić information content (AvgIpc) is 2.26. The molecule has 0 aromatic heterocycles. The third-order valence-corrected chi connectivity index (χ3v) is 2.79. The monoisotopic (exact) mass is 200 g/mol. The fourth-order valence-corrected chi connectivity index (χ4v) is 1.88. The van der Waals surface area contributed by atoms with Gasteiger partial charge in [-0.2, -0.15) is 0 Å². The van der Waals surface area contributed by atoms with Gasteiger partial charge in [-0.25, -0.2) is 0 Å². The summed E-state index contributed by atoms with van der Waals surface area (Å²) in [5.41, 5.74) is 1.13. The highest BCUT2D eigenvalue weighted by Crippen LogP contribution is 2.33. The number of ether oxygens (including phenoxy) is 1. The van der Waals surface area contributed by atoms with E-state index in [9.17, 15) is 0 Å². The molecule has 1 unspecified atom stereocenters. The summed E-state index contributed by atoms with van der Waals surface area (Å²) in [6.07, 6.45) is 7.92. The van der Waals surface area contributed by atoms with Gasteiger partial charge in [-0.15, -0.1) is 0 Å². The Morgan fingerprint density at radius 3 is 3.00 bits per heavy atom. The molecule has 1 nitrogen and oxygen atoms in total. The number of fused-ring (bicyclic) bond motifs is 1. The van der Waals surface area contributed by atoms with Crippen LogP contribution >= 0.6 is 0 Å². The normalized spacial score (nSPS) is 24.6. The van der Waals surface area contributed by atoms with Gasteiger partial charge in [-0.1, -0.05) is 36.9 Å². The van der Waals surface area contributed by atoms with E-state index in [-0.39, 0.29) is 5.60 Å². The number of hydrogen-bond donors (Lipinski definition) is 0. The minimum atomic E-state index is -0.178. The minimum absolute atomic E-state index is 0.178. The van der Waals surface area contributed by atoms with Crippen molar-refractivity contribution in [2.24, 2.45) is 0 Å². The van der Waals surface area contributed by atoms with Gasteiger partial charge in [0.05, 0.1) is 0 Å². The number of aryl methyl sites for hydroxylation is 1. The molecule has 2 rings (SSSR count). The summed E-state index contributed by atoms with van der Waals surface area (Å²) in [7, 11) is 0. The van der Waals surface area contributed by atoms with Crippen LogP contribution in [0.1, 0.15) is 18.9 Å². The predicted molar refractivity (Wildman–Crippen MR) is 63.1 cm³/mol. The van der Waals surface area contributed by atoms with Gasteiger partial charge in [0, 0.05) is 0 Å². The number of rotatable bonds is 2. The van der Waals surface area contributed by atoms with Crippen molar-refractivity contribution in [2.45, 2.75) is 25.4 Å². The maximum atomic E-state index is 5.99. The van der Waals surface area contributed by atoms with Crippen molar-refractivity contribution >= 4 is 0 Å². The number of para-hydroxylation sites is 1. The third kappa shape index (κ3) is 2.12. The first-order valence-corrected chi connectivity index (χ1v) is 5.31. The fourth-order valence-electron chi connectivity index (χ4n) is 1.88. The van der Waals surface area contributed by atoms with E-state index in [2.05, 4.69) is 31.7 Å². The van der Waals surface area contributed by atoms with E-state index in [1.807, 2.05) is 18.2 Å². The summed E-state index contributed by atoms with van der Waals surface area (Å²) in [4.78, 5) is 0. The lowest BCUT2D eigenvalue weighted by Gasteiger charge is -2.33. The smallest absolute Gasteiger partial charge is 0.125 e. The van der Waals surface area contributed by atoms with Crippen LogP contribution in [0, 0.1) is 0 Å². The summed E-state index contributed by atoms with van der Waals surface area (Å²) in [6.45, 7) is 5.79. The Kier molecular flexibility index (Phi) is 2.63. The van der Waals surface area contributed by atoms with Gasteiger partial charge in [-0.05, 0) is 37.5 Å². The topological polar surface area (TPSA) is 9.23 Å². The van der Waals surface area contributed by atoms with Crippen LogP contribution in [0.25, 0.3) is 0 Å². The van der Waals surface area contributed by atoms with Crippen molar-refractivity contribution in [3.8, 4) is 5.75 Å². The van der Waals surface area contributed by atoms with Crippen LogP contribution in [0.3, 0.4) is 0 Å². The maximum Gasteiger partial charge on any atom is 0.125 e. The van der Waals surface area contributed by atoms with Crippen molar-refractivity contribution in [1.29, 1.82) is 0 Å². The Morgan fingerprint density at radius 1 is 1.40 bits per heavy atom. The highest BCUT2D eigenvalue weighted by molar-refractivity contribution is 5.37. The molecule has 1 aromatic carbocycles. The SMILES string of the molecule is C=C/C=C\C1(C)CCc2ccccc2O1. The number of hydrogen-bond acceptors (Lipinski definition) is 1. The molecule has 1 aliphatic rings. The lowest BCUT2D eigenvalue weighted by Crippen LogP contribution is -2.33. The Morgan fingerprint density at radius 2 is 2.20 bits per heavy atom.